The third-order valence-electron chi connectivity index (χ3n) is 6.38. The molecule has 12 nitrogen and oxygen atoms in total. The zero-order valence-electron chi connectivity index (χ0n) is 21.7. The summed E-state index contributed by atoms with van der Waals surface area (Å²) in [6.45, 7) is 3.93. The normalized spacial score (nSPS) is 20.8. The molecule has 2 aromatic carbocycles. The van der Waals surface area contributed by atoms with E-state index in [1.54, 1.807) is 24.3 Å². The SMILES string of the molecule is COC(=O)NC1(CCC(C)C)C(=O)C(C2=NS(O)(O)c3cc(NS(C)(=O)=O)ccc3N2)=C(O)c2ccccc21. The van der Waals surface area contributed by atoms with Gasteiger partial charge in [-0.25, -0.2) is 13.2 Å². The van der Waals surface area contributed by atoms with Crippen molar-refractivity contribution in [3.8, 4) is 0 Å². The summed E-state index contributed by atoms with van der Waals surface area (Å²) in [6, 6.07) is 10.6. The minimum absolute atomic E-state index is 0.0800. The van der Waals surface area contributed by atoms with E-state index in [0.29, 0.717) is 12.0 Å². The van der Waals surface area contributed by atoms with Gasteiger partial charge < -0.3 is 20.5 Å². The molecule has 14 heteroatoms. The van der Waals surface area contributed by atoms with Gasteiger partial charge in [-0.05, 0) is 42.5 Å². The Hall–Kier alpha value is -3.59. The molecule has 1 amide bonds. The number of ether oxygens (including phenoxy) is 1. The number of nitrogens with one attached hydrogen (secondary N) is 3. The van der Waals surface area contributed by atoms with E-state index in [9.17, 15) is 32.2 Å². The average molecular weight is 579 g/mol. The lowest BCUT2D eigenvalue weighted by atomic mass is 9.71. The Kier molecular flexibility index (Phi) is 7.42. The fourth-order valence-electron chi connectivity index (χ4n) is 4.59. The first-order valence-corrected chi connectivity index (χ1v) is 15.3. The number of carbonyl (C=O) groups excluding carboxylic acids is 2. The van der Waals surface area contributed by atoms with Crippen molar-refractivity contribution in [2.24, 2.45) is 10.3 Å². The molecular weight excluding hydrogens is 548 g/mol. The molecule has 4 rings (SSSR count). The minimum atomic E-state index is -3.95. The van der Waals surface area contributed by atoms with Crippen molar-refractivity contribution in [2.75, 3.05) is 23.4 Å². The number of aliphatic hydroxyl groups excluding tert-OH is 1. The molecule has 2 aliphatic rings. The van der Waals surface area contributed by atoms with Gasteiger partial charge in [0.25, 0.3) is 0 Å². The lowest BCUT2D eigenvalue weighted by Gasteiger charge is -2.40. The number of aliphatic hydroxyl groups is 1. The number of amidine groups is 1. The van der Waals surface area contributed by atoms with Gasteiger partial charge in [-0.15, -0.1) is 4.40 Å². The first kappa shape index (κ1) is 28.4. The summed E-state index contributed by atoms with van der Waals surface area (Å²) in [5.41, 5.74) is -1.16. The van der Waals surface area contributed by atoms with Gasteiger partial charge in [0.2, 0.25) is 15.8 Å². The summed E-state index contributed by atoms with van der Waals surface area (Å²) in [4.78, 5) is 26.7. The molecule has 0 fully saturated rings. The average Bonchev–Trinajstić information content (AvgIpc) is 2.85. The largest absolute Gasteiger partial charge is 0.506 e. The lowest BCUT2D eigenvalue weighted by Crippen LogP contribution is -2.55. The molecule has 1 aliphatic heterocycles. The number of benzene rings is 2. The van der Waals surface area contributed by atoms with Crippen molar-refractivity contribution < 1.29 is 37.0 Å². The maximum absolute atomic E-state index is 14.3. The molecule has 1 atom stereocenters. The van der Waals surface area contributed by atoms with E-state index >= 15 is 0 Å². The van der Waals surface area contributed by atoms with E-state index in [0.717, 1.165) is 6.26 Å². The van der Waals surface area contributed by atoms with E-state index in [1.165, 1.54) is 25.3 Å². The second-order valence-electron chi connectivity index (χ2n) is 9.72. The number of methoxy groups -OCH3 is 1. The smallest absolute Gasteiger partial charge is 0.407 e. The van der Waals surface area contributed by atoms with Crippen LogP contribution >= 0.6 is 10.8 Å². The van der Waals surface area contributed by atoms with Crippen LogP contribution in [-0.4, -0.2) is 53.7 Å². The fraction of sp³-hybridized carbons (Fsp3) is 0.320. The van der Waals surface area contributed by atoms with Gasteiger partial charge in [0.05, 0.1) is 24.7 Å². The molecule has 39 heavy (non-hydrogen) atoms. The Bertz CT molecular complexity index is 1520. The zero-order valence-corrected chi connectivity index (χ0v) is 23.3. The van der Waals surface area contributed by atoms with E-state index in [-0.39, 0.29) is 45.6 Å². The van der Waals surface area contributed by atoms with Crippen molar-refractivity contribution in [1.82, 2.24) is 5.32 Å². The van der Waals surface area contributed by atoms with E-state index in [1.807, 2.05) is 13.8 Å². The van der Waals surface area contributed by atoms with Crippen LogP contribution in [0.4, 0.5) is 16.2 Å². The Morgan fingerprint density at radius 1 is 1.21 bits per heavy atom. The molecule has 1 aliphatic carbocycles. The Balaban J connectivity index is 1.88. The number of ketones is 1. The van der Waals surface area contributed by atoms with Gasteiger partial charge >= 0.3 is 6.09 Å². The van der Waals surface area contributed by atoms with Gasteiger partial charge in [0.1, 0.15) is 21.8 Å². The number of alkyl carbamates (subject to hydrolysis) is 1. The van der Waals surface area contributed by atoms with E-state index < -0.39 is 44.0 Å². The Morgan fingerprint density at radius 2 is 1.90 bits per heavy atom. The summed E-state index contributed by atoms with van der Waals surface area (Å²) in [6.07, 6.45) is 0.773. The van der Waals surface area contributed by atoms with Crippen molar-refractivity contribution in [3.63, 3.8) is 0 Å². The highest BCUT2D eigenvalue weighted by molar-refractivity contribution is 8.23. The molecular formula is C25H30N4O8S2. The van der Waals surface area contributed by atoms with Crippen molar-refractivity contribution in [1.29, 1.82) is 0 Å². The van der Waals surface area contributed by atoms with Gasteiger partial charge in [0.15, 0.2) is 5.84 Å². The van der Waals surface area contributed by atoms with E-state index in [4.69, 9.17) is 4.74 Å². The van der Waals surface area contributed by atoms with Crippen LogP contribution in [0.1, 0.15) is 37.8 Å². The third-order valence-corrected chi connectivity index (χ3v) is 8.35. The summed E-state index contributed by atoms with van der Waals surface area (Å²) >= 11 is 0. The number of anilines is 2. The van der Waals surface area contributed by atoms with E-state index in [2.05, 4.69) is 19.8 Å². The van der Waals surface area contributed by atoms with Crippen LogP contribution in [0.2, 0.25) is 0 Å². The van der Waals surface area contributed by atoms with Gasteiger partial charge in [-0.3, -0.25) is 18.6 Å². The molecule has 0 saturated heterocycles. The minimum Gasteiger partial charge on any atom is -0.506 e. The van der Waals surface area contributed by atoms with Gasteiger partial charge in [0, 0.05) is 5.56 Å². The highest BCUT2D eigenvalue weighted by Crippen LogP contribution is 2.57. The van der Waals surface area contributed by atoms with Gasteiger partial charge in [-0.1, -0.05) is 48.9 Å². The predicted molar refractivity (Wildman–Crippen MR) is 149 cm³/mol. The number of sulfonamides is 1. The Labute approximate surface area is 227 Å². The van der Waals surface area contributed by atoms with Crippen LogP contribution in [0.5, 0.6) is 0 Å². The lowest BCUT2D eigenvalue weighted by molar-refractivity contribution is -0.122. The number of nitrogens with zero attached hydrogens (tertiary/aromatic N) is 1. The summed E-state index contributed by atoms with van der Waals surface area (Å²) in [5.74, 6) is -1.33. The molecule has 0 radical (unpaired) electrons. The number of carbonyl (C=O) groups is 2. The van der Waals surface area contributed by atoms with Gasteiger partial charge in [-0.2, -0.15) is 0 Å². The number of fused-ring (bicyclic) bond motifs is 2. The summed E-state index contributed by atoms with van der Waals surface area (Å²) in [7, 11) is -6.42. The maximum Gasteiger partial charge on any atom is 0.407 e. The number of Topliss-reactive ketones (excluding diaryl/α,β-unsaturated/α-hetero) is 1. The number of rotatable bonds is 7. The van der Waals surface area contributed by atoms with Crippen LogP contribution in [0.15, 0.2) is 57.3 Å². The monoisotopic (exact) mass is 578 g/mol. The van der Waals surface area contributed by atoms with Crippen molar-refractivity contribution in [3.05, 3.63) is 59.2 Å². The highest BCUT2D eigenvalue weighted by atomic mass is 32.3. The highest BCUT2D eigenvalue weighted by Gasteiger charge is 2.51. The number of hydrogen-bond acceptors (Lipinski definition) is 10. The molecule has 0 bridgehead atoms. The molecule has 0 aromatic heterocycles. The molecule has 210 valence electrons. The molecule has 1 heterocycles. The van der Waals surface area contributed by atoms with Crippen LogP contribution in [0, 0.1) is 5.92 Å². The quantitative estimate of drug-likeness (QED) is 0.276. The standard InChI is InChI=1S/C25H30N4O8S2/c1-14(2)11-12-25(27-24(32)37-3)17-8-6-5-7-16(17)21(30)20(22(25)31)23-26-18-10-9-15(28-38(4,33)34)13-19(18)39(35,36)29-23/h5-10,13-14,28,30,35-36H,11-12H2,1-4H3,(H,26,29)(H,27,32). The molecule has 6 N–H and O–H groups in total. The van der Waals surface area contributed by atoms with Crippen LogP contribution in [-0.2, 0) is 25.1 Å². The van der Waals surface area contributed by atoms with Crippen molar-refractivity contribution in [2.45, 2.75) is 37.1 Å². The number of hydrogen-bond donors (Lipinski definition) is 6. The molecule has 1 unspecified atom stereocenters. The third kappa shape index (κ3) is 5.45. The molecule has 0 spiro atoms. The van der Waals surface area contributed by atoms with Crippen molar-refractivity contribution >= 4 is 55.6 Å². The zero-order chi connectivity index (χ0) is 28.8. The Morgan fingerprint density at radius 3 is 2.54 bits per heavy atom. The predicted octanol–water partition coefficient (Wildman–Crippen LogP) is 4.45. The second kappa shape index (κ2) is 10.2. The summed E-state index contributed by atoms with van der Waals surface area (Å²) in [5, 5.41) is 16.8. The van der Waals surface area contributed by atoms with Crippen LogP contribution in [0.3, 0.4) is 0 Å². The molecule has 2 aromatic rings. The second-order valence-corrected chi connectivity index (χ2v) is 13.1. The molecule has 0 saturated carbocycles. The van der Waals surface area contributed by atoms with Crippen LogP contribution < -0.4 is 15.4 Å². The first-order valence-electron chi connectivity index (χ1n) is 11.9. The first-order chi connectivity index (χ1) is 18.2. The van der Waals surface area contributed by atoms with Crippen LogP contribution in [0.25, 0.3) is 5.76 Å². The summed E-state index contributed by atoms with van der Waals surface area (Å²) < 4.78 is 56.2. The maximum atomic E-state index is 14.3. The number of amides is 1. The fourth-order valence-corrected chi connectivity index (χ4v) is 6.33. The topological polar surface area (TPSA) is 187 Å².